The Hall–Kier alpha value is -3.54. The molecule has 2 aromatic rings. The number of aliphatic carboxylic acids is 1. The van der Waals surface area contributed by atoms with Crippen LogP contribution in [-0.4, -0.2) is 71.2 Å². The van der Waals surface area contributed by atoms with E-state index < -0.39 is 17.6 Å². The lowest BCUT2D eigenvalue weighted by molar-refractivity contribution is -0.192. The number of carboxylic acid groups (broad SMARTS) is 1. The van der Waals surface area contributed by atoms with Crippen molar-refractivity contribution in [3.8, 4) is 5.75 Å². The molecule has 0 unspecified atom stereocenters. The molecule has 13 heteroatoms. The van der Waals surface area contributed by atoms with Crippen molar-refractivity contribution in [2.45, 2.75) is 53.3 Å². The van der Waals surface area contributed by atoms with E-state index in [-0.39, 0.29) is 17.9 Å². The zero-order valence-electron chi connectivity index (χ0n) is 23.1. The second kappa shape index (κ2) is 15.9. The highest BCUT2D eigenvalue weighted by atomic mass is 35.5. The number of hydrogen-bond donors (Lipinski definition) is 3. The summed E-state index contributed by atoms with van der Waals surface area (Å²) in [5.41, 5.74) is 1.01. The zero-order valence-corrected chi connectivity index (χ0v) is 23.9. The minimum absolute atomic E-state index is 0.0000222. The summed E-state index contributed by atoms with van der Waals surface area (Å²) in [7, 11) is 0. The maximum atomic E-state index is 13.2. The highest BCUT2D eigenvalue weighted by Gasteiger charge is 2.38. The predicted molar refractivity (Wildman–Crippen MR) is 147 cm³/mol. The molecule has 1 heterocycles. The summed E-state index contributed by atoms with van der Waals surface area (Å²) in [6, 6.07) is 8.84. The Morgan fingerprint density at radius 2 is 1.68 bits per heavy atom. The number of alkyl halides is 3. The fraction of sp³-hybridized carbons (Fsp3) is 0.481. The maximum Gasteiger partial charge on any atom is 0.490 e. The molecule has 222 valence electrons. The molecule has 40 heavy (non-hydrogen) atoms. The SMILES string of the molecule is CC(C)N(CCCNC(=O)C(C)(C)C)C(=O)c1cc(Cl)cc(OCCNc2ccncc2)c1.O=C(O)C(F)(F)F. The lowest BCUT2D eigenvalue weighted by atomic mass is 9.96. The quantitative estimate of drug-likeness (QED) is 0.306. The number of rotatable bonds is 11. The number of carbonyl (C=O) groups excluding carboxylic acids is 2. The summed E-state index contributed by atoms with van der Waals surface area (Å²) in [6.45, 7) is 11.6. The first kappa shape index (κ1) is 34.5. The van der Waals surface area contributed by atoms with Crippen molar-refractivity contribution < 1.29 is 37.4 Å². The number of benzene rings is 1. The summed E-state index contributed by atoms with van der Waals surface area (Å²) < 4.78 is 37.6. The minimum Gasteiger partial charge on any atom is -0.492 e. The van der Waals surface area contributed by atoms with Crippen LogP contribution >= 0.6 is 11.6 Å². The third-order valence-electron chi connectivity index (χ3n) is 5.17. The Morgan fingerprint density at radius 3 is 2.20 bits per heavy atom. The van der Waals surface area contributed by atoms with Crippen molar-refractivity contribution in [3.63, 3.8) is 0 Å². The Bertz CT molecular complexity index is 1110. The normalized spacial score (nSPS) is 11.2. The summed E-state index contributed by atoms with van der Waals surface area (Å²) in [6.07, 6.45) is -0.982. The molecular weight excluding hydrogens is 553 g/mol. The minimum atomic E-state index is -5.08. The van der Waals surface area contributed by atoms with Gasteiger partial charge in [0.05, 0.1) is 0 Å². The number of carbonyl (C=O) groups is 3. The van der Waals surface area contributed by atoms with Crippen LogP contribution in [0.2, 0.25) is 5.02 Å². The van der Waals surface area contributed by atoms with Gasteiger partial charge in [-0.25, -0.2) is 4.79 Å². The number of aromatic nitrogens is 1. The van der Waals surface area contributed by atoms with Crippen LogP contribution in [0.3, 0.4) is 0 Å². The zero-order chi connectivity index (χ0) is 30.5. The van der Waals surface area contributed by atoms with Gasteiger partial charge in [0.25, 0.3) is 5.91 Å². The Morgan fingerprint density at radius 1 is 1.07 bits per heavy atom. The lowest BCUT2D eigenvalue weighted by Gasteiger charge is -2.27. The summed E-state index contributed by atoms with van der Waals surface area (Å²) in [5.74, 6) is -2.33. The predicted octanol–water partition coefficient (Wildman–Crippen LogP) is 5.26. The van der Waals surface area contributed by atoms with Gasteiger partial charge in [0.15, 0.2) is 0 Å². The molecule has 9 nitrogen and oxygen atoms in total. The van der Waals surface area contributed by atoms with Crippen LogP contribution in [0.1, 0.15) is 51.4 Å². The number of nitrogens with zero attached hydrogens (tertiary/aromatic N) is 2. The first-order valence-corrected chi connectivity index (χ1v) is 12.9. The second-order valence-electron chi connectivity index (χ2n) is 9.94. The van der Waals surface area contributed by atoms with Gasteiger partial charge in [-0.2, -0.15) is 13.2 Å². The van der Waals surface area contributed by atoms with Gasteiger partial charge in [0.2, 0.25) is 5.91 Å². The topological polar surface area (TPSA) is 121 Å². The number of carboxylic acids is 1. The third-order valence-corrected chi connectivity index (χ3v) is 5.39. The van der Waals surface area contributed by atoms with Crippen LogP contribution < -0.4 is 15.4 Å². The monoisotopic (exact) mass is 588 g/mol. The number of hydrogen-bond acceptors (Lipinski definition) is 6. The molecule has 0 bridgehead atoms. The van der Waals surface area contributed by atoms with E-state index in [1.807, 2.05) is 46.8 Å². The highest BCUT2D eigenvalue weighted by Crippen LogP contribution is 2.23. The Kier molecular flexibility index (Phi) is 13.7. The van der Waals surface area contributed by atoms with Crippen LogP contribution in [0.4, 0.5) is 18.9 Å². The van der Waals surface area contributed by atoms with Crippen molar-refractivity contribution in [3.05, 3.63) is 53.3 Å². The van der Waals surface area contributed by atoms with Crippen LogP contribution in [0, 0.1) is 5.41 Å². The van der Waals surface area contributed by atoms with E-state index in [0.29, 0.717) is 49.0 Å². The molecule has 0 spiro atoms. The van der Waals surface area contributed by atoms with Gasteiger partial charge in [0.1, 0.15) is 12.4 Å². The van der Waals surface area contributed by atoms with Crippen molar-refractivity contribution >= 4 is 35.1 Å². The number of anilines is 1. The molecule has 1 aromatic heterocycles. The molecule has 0 saturated carbocycles. The van der Waals surface area contributed by atoms with E-state index in [1.165, 1.54) is 0 Å². The molecule has 0 atom stereocenters. The summed E-state index contributed by atoms with van der Waals surface area (Å²) >= 11 is 6.27. The van der Waals surface area contributed by atoms with Gasteiger partial charge in [-0.15, -0.1) is 0 Å². The molecule has 0 aliphatic heterocycles. The third kappa shape index (κ3) is 13.0. The Balaban J connectivity index is 0.00000101. The first-order valence-electron chi connectivity index (χ1n) is 12.5. The van der Waals surface area contributed by atoms with E-state index >= 15 is 0 Å². The van der Waals surface area contributed by atoms with E-state index in [1.54, 1.807) is 35.5 Å². The number of pyridine rings is 1. The molecule has 0 aliphatic rings. The fourth-order valence-corrected chi connectivity index (χ4v) is 3.31. The second-order valence-corrected chi connectivity index (χ2v) is 10.4. The van der Waals surface area contributed by atoms with Crippen molar-refractivity contribution in [2.24, 2.45) is 5.41 Å². The van der Waals surface area contributed by atoms with Crippen molar-refractivity contribution in [1.29, 1.82) is 0 Å². The fourth-order valence-electron chi connectivity index (χ4n) is 3.08. The molecule has 0 fully saturated rings. The molecule has 0 radical (unpaired) electrons. The largest absolute Gasteiger partial charge is 0.492 e. The first-order chi connectivity index (χ1) is 18.5. The smallest absolute Gasteiger partial charge is 0.490 e. The van der Waals surface area contributed by atoms with Gasteiger partial charge in [-0.3, -0.25) is 14.6 Å². The van der Waals surface area contributed by atoms with Gasteiger partial charge in [-0.05, 0) is 50.6 Å². The number of nitrogens with one attached hydrogen (secondary N) is 2. The average Bonchev–Trinajstić information content (AvgIpc) is 2.85. The highest BCUT2D eigenvalue weighted by molar-refractivity contribution is 6.31. The van der Waals surface area contributed by atoms with Crippen LogP contribution in [-0.2, 0) is 9.59 Å². The van der Waals surface area contributed by atoms with E-state index in [2.05, 4.69) is 15.6 Å². The van der Waals surface area contributed by atoms with Crippen molar-refractivity contribution in [2.75, 3.05) is 31.6 Å². The Labute approximate surface area is 237 Å². The molecule has 2 amide bonds. The van der Waals surface area contributed by atoms with E-state index in [4.69, 9.17) is 26.2 Å². The molecular formula is C27H36ClF3N4O5. The van der Waals surface area contributed by atoms with Crippen molar-refractivity contribution in [1.82, 2.24) is 15.2 Å². The number of amides is 2. The summed E-state index contributed by atoms with van der Waals surface area (Å²) in [4.78, 5) is 39.9. The van der Waals surface area contributed by atoms with E-state index in [9.17, 15) is 22.8 Å². The van der Waals surface area contributed by atoms with Crippen LogP contribution in [0.15, 0.2) is 42.7 Å². The summed E-state index contributed by atoms with van der Waals surface area (Å²) in [5, 5.41) is 13.7. The molecule has 0 saturated heterocycles. The molecule has 0 aliphatic carbocycles. The average molecular weight is 589 g/mol. The van der Waals surface area contributed by atoms with Gasteiger partial charge < -0.3 is 25.4 Å². The van der Waals surface area contributed by atoms with Gasteiger partial charge in [0, 0.05) is 59.8 Å². The lowest BCUT2D eigenvalue weighted by Crippen LogP contribution is -2.40. The van der Waals surface area contributed by atoms with Crippen LogP contribution in [0.25, 0.3) is 0 Å². The van der Waals surface area contributed by atoms with Crippen LogP contribution in [0.5, 0.6) is 5.75 Å². The van der Waals surface area contributed by atoms with Gasteiger partial charge >= 0.3 is 12.1 Å². The van der Waals surface area contributed by atoms with E-state index in [0.717, 1.165) is 5.69 Å². The molecule has 2 rings (SSSR count). The standard InChI is InChI=1S/C25H35ClN4O3.C2HF3O2/c1-18(2)30(13-6-9-29-24(32)25(3,4)5)23(31)19-15-20(26)17-22(16-19)33-14-12-28-21-7-10-27-11-8-21;3-2(4,5)1(6)7/h7-8,10-11,15-18H,6,9,12-14H2,1-5H3,(H,27,28)(H,29,32);(H,6,7). The van der Waals surface area contributed by atoms with Gasteiger partial charge in [-0.1, -0.05) is 32.4 Å². The maximum absolute atomic E-state index is 13.2. The number of ether oxygens (including phenoxy) is 1. The molecule has 1 aromatic carbocycles. The number of halogens is 4. The molecule has 3 N–H and O–H groups in total.